The third kappa shape index (κ3) is 4.24. The third-order valence-electron chi connectivity index (χ3n) is 7.32. The predicted molar refractivity (Wildman–Crippen MR) is 147 cm³/mol. The molecule has 1 N–H and O–H groups in total. The van der Waals surface area contributed by atoms with E-state index in [1.54, 1.807) is 36.5 Å². The zero-order valence-corrected chi connectivity index (χ0v) is 21.0. The number of amides is 1. The van der Waals surface area contributed by atoms with Gasteiger partial charge in [0.25, 0.3) is 5.91 Å². The Labute approximate surface area is 221 Å². The van der Waals surface area contributed by atoms with E-state index in [-0.39, 0.29) is 17.6 Å². The van der Waals surface area contributed by atoms with Crippen LogP contribution in [0.4, 0.5) is 11.4 Å². The van der Waals surface area contributed by atoms with Crippen LogP contribution in [-0.2, 0) is 4.79 Å². The molecule has 0 saturated carbocycles. The van der Waals surface area contributed by atoms with Crippen LogP contribution in [0.1, 0.15) is 46.3 Å². The minimum absolute atomic E-state index is 0.0118. The molecule has 1 aliphatic carbocycles. The second-order valence-corrected chi connectivity index (χ2v) is 9.57. The van der Waals surface area contributed by atoms with Gasteiger partial charge in [-0.15, -0.1) is 0 Å². The van der Waals surface area contributed by atoms with E-state index in [9.17, 15) is 9.59 Å². The first-order valence-electron chi connectivity index (χ1n) is 12.7. The number of Topliss-reactive ketones (excluding diaryl/α,β-unsaturated/α-hetero) is 1. The standard InChI is InChI=1S/C32H27N3O3/c1-38-25-15-13-21(14-16-25)24-18-27-30(29(36)19-24)31(23-10-7-17-33-20-23)35(28-12-6-5-11-26(28)34-27)32(37)22-8-3-2-4-9-22/h2-17,20,24,31,34H,18-19H2,1H3/t24-,31-/m1/s1. The summed E-state index contributed by atoms with van der Waals surface area (Å²) in [6.07, 6.45) is 4.45. The van der Waals surface area contributed by atoms with Gasteiger partial charge in [0.15, 0.2) is 5.78 Å². The number of allylic oxidation sites excluding steroid dienone is 1. The summed E-state index contributed by atoms with van der Waals surface area (Å²) >= 11 is 0. The van der Waals surface area contributed by atoms with Gasteiger partial charge in [-0.3, -0.25) is 19.5 Å². The molecule has 6 heteroatoms. The Morgan fingerprint density at radius 3 is 2.39 bits per heavy atom. The molecule has 2 aliphatic rings. The number of nitrogens with zero attached hydrogens (tertiary/aromatic N) is 2. The molecular formula is C32H27N3O3. The Hall–Kier alpha value is -4.71. The molecule has 1 amide bonds. The maximum absolute atomic E-state index is 14.2. The van der Waals surface area contributed by atoms with Gasteiger partial charge in [-0.2, -0.15) is 0 Å². The van der Waals surface area contributed by atoms with Gasteiger partial charge >= 0.3 is 0 Å². The Balaban J connectivity index is 1.52. The molecule has 6 nitrogen and oxygen atoms in total. The number of aromatic nitrogens is 1. The van der Waals surface area contributed by atoms with Crippen molar-refractivity contribution in [3.63, 3.8) is 0 Å². The first-order valence-corrected chi connectivity index (χ1v) is 12.7. The molecule has 188 valence electrons. The van der Waals surface area contributed by atoms with Gasteiger partial charge in [0.05, 0.1) is 24.5 Å². The van der Waals surface area contributed by atoms with Gasteiger partial charge in [-0.25, -0.2) is 0 Å². The van der Waals surface area contributed by atoms with Gasteiger partial charge in [-0.05, 0) is 65.9 Å². The van der Waals surface area contributed by atoms with Crippen molar-refractivity contribution in [3.05, 3.63) is 131 Å². The number of ketones is 1. The summed E-state index contributed by atoms with van der Waals surface area (Å²) in [5.74, 6) is 0.640. The molecule has 6 rings (SSSR count). The van der Waals surface area contributed by atoms with Crippen LogP contribution in [0.5, 0.6) is 5.75 Å². The highest BCUT2D eigenvalue weighted by Crippen LogP contribution is 2.47. The summed E-state index contributed by atoms with van der Waals surface area (Å²) in [6, 6.07) is 28.0. The molecule has 2 atom stereocenters. The molecule has 0 unspecified atom stereocenters. The molecule has 0 radical (unpaired) electrons. The number of methoxy groups -OCH3 is 1. The first kappa shape index (κ1) is 23.7. The number of fused-ring (bicyclic) bond motifs is 1. The minimum Gasteiger partial charge on any atom is -0.497 e. The van der Waals surface area contributed by atoms with Crippen LogP contribution in [0.15, 0.2) is 115 Å². The molecule has 0 bridgehead atoms. The van der Waals surface area contributed by atoms with Crippen molar-refractivity contribution in [3.8, 4) is 5.75 Å². The Bertz CT molecular complexity index is 1510. The van der Waals surface area contributed by atoms with Gasteiger partial charge in [0, 0.05) is 35.6 Å². The molecule has 2 heterocycles. The highest BCUT2D eigenvalue weighted by atomic mass is 16.5. The SMILES string of the molecule is COc1ccc([C@H]2CC(=O)C3=C(C2)Nc2ccccc2N(C(=O)c2ccccc2)[C@@H]3c2cccnc2)cc1. The molecule has 0 saturated heterocycles. The fourth-order valence-corrected chi connectivity index (χ4v) is 5.50. The quantitative estimate of drug-likeness (QED) is 0.355. The summed E-state index contributed by atoms with van der Waals surface area (Å²) in [4.78, 5) is 34.3. The Kier molecular flexibility index (Phi) is 6.22. The Morgan fingerprint density at radius 2 is 1.66 bits per heavy atom. The molecule has 1 aromatic heterocycles. The van der Waals surface area contributed by atoms with Crippen molar-refractivity contribution in [2.24, 2.45) is 0 Å². The van der Waals surface area contributed by atoms with E-state index in [4.69, 9.17) is 4.74 Å². The Morgan fingerprint density at radius 1 is 0.895 bits per heavy atom. The zero-order valence-electron chi connectivity index (χ0n) is 21.0. The van der Waals surface area contributed by atoms with E-state index in [0.717, 1.165) is 33.9 Å². The van der Waals surface area contributed by atoms with Crippen LogP contribution in [0.2, 0.25) is 0 Å². The van der Waals surface area contributed by atoms with Crippen molar-refractivity contribution in [1.82, 2.24) is 4.98 Å². The number of anilines is 2. The van der Waals surface area contributed by atoms with Crippen molar-refractivity contribution in [1.29, 1.82) is 0 Å². The number of hydrogen-bond donors (Lipinski definition) is 1. The van der Waals surface area contributed by atoms with Crippen molar-refractivity contribution >= 4 is 23.1 Å². The van der Waals surface area contributed by atoms with E-state index >= 15 is 0 Å². The van der Waals surface area contributed by atoms with E-state index < -0.39 is 6.04 Å². The minimum atomic E-state index is -0.619. The van der Waals surface area contributed by atoms with Crippen LogP contribution in [-0.4, -0.2) is 23.8 Å². The average molecular weight is 502 g/mol. The average Bonchev–Trinajstić information content (AvgIpc) is 3.12. The molecular weight excluding hydrogens is 474 g/mol. The van der Waals surface area contributed by atoms with E-state index in [1.807, 2.05) is 78.9 Å². The highest BCUT2D eigenvalue weighted by molar-refractivity contribution is 6.12. The number of hydrogen-bond acceptors (Lipinski definition) is 5. The monoisotopic (exact) mass is 501 g/mol. The number of nitrogens with one attached hydrogen (secondary N) is 1. The van der Waals surface area contributed by atoms with Crippen molar-refractivity contribution in [2.45, 2.75) is 24.8 Å². The summed E-state index contributed by atoms with van der Waals surface area (Å²) in [6.45, 7) is 0. The molecule has 0 fully saturated rings. The van der Waals surface area contributed by atoms with Gasteiger partial charge < -0.3 is 10.1 Å². The fourth-order valence-electron chi connectivity index (χ4n) is 5.50. The molecule has 4 aromatic rings. The van der Waals surface area contributed by atoms with Crippen LogP contribution in [0.25, 0.3) is 0 Å². The smallest absolute Gasteiger partial charge is 0.259 e. The van der Waals surface area contributed by atoms with Gasteiger partial charge in [0.1, 0.15) is 5.75 Å². The van der Waals surface area contributed by atoms with Crippen molar-refractivity contribution < 1.29 is 14.3 Å². The second-order valence-electron chi connectivity index (χ2n) is 9.57. The van der Waals surface area contributed by atoms with Crippen molar-refractivity contribution in [2.75, 3.05) is 17.3 Å². The second kappa shape index (κ2) is 9.98. The lowest BCUT2D eigenvalue weighted by atomic mass is 9.78. The maximum atomic E-state index is 14.2. The zero-order chi connectivity index (χ0) is 26.1. The molecule has 1 aliphatic heterocycles. The summed E-state index contributed by atoms with van der Waals surface area (Å²) < 4.78 is 5.32. The molecule has 0 spiro atoms. The number of ether oxygens (including phenoxy) is 1. The normalized spacial score (nSPS) is 18.7. The van der Waals surface area contributed by atoms with E-state index in [0.29, 0.717) is 24.0 Å². The summed E-state index contributed by atoms with van der Waals surface area (Å²) in [5.41, 5.74) is 5.39. The number of para-hydroxylation sites is 2. The number of carbonyl (C=O) groups is 2. The third-order valence-corrected chi connectivity index (χ3v) is 7.32. The maximum Gasteiger partial charge on any atom is 0.259 e. The highest BCUT2D eigenvalue weighted by Gasteiger charge is 2.42. The number of pyridine rings is 1. The van der Waals surface area contributed by atoms with Gasteiger partial charge in [-0.1, -0.05) is 48.5 Å². The number of rotatable bonds is 4. The lowest BCUT2D eigenvalue weighted by Crippen LogP contribution is -2.38. The topological polar surface area (TPSA) is 71.5 Å². The van der Waals surface area contributed by atoms with Crippen LogP contribution >= 0.6 is 0 Å². The van der Waals surface area contributed by atoms with E-state index in [2.05, 4.69) is 10.3 Å². The lowest BCUT2D eigenvalue weighted by molar-refractivity contribution is -0.116. The number of benzene rings is 3. The molecule has 38 heavy (non-hydrogen) atoms. The summed E-state index contributed by atoms with van der Waals surface area (Å²) in [5, 5.41) is 3.57. The predicted octanol–water partition coefficient (Wildman–Crippen LogP) is 6.30. The first-order chi connectivity index (χ1) is 18.6. The summed E-state index contributed by atoms with van der Waals surface area (Å²) in [7, 11) is 1.64. The lowest BCUT2D eigenvalue weighted by Gasteiger charge is -2.35. The van der Waals surface area contributed by atoms with Crippen LogP contribution < -0.4 is 15.0 Å². The number of carbonyl (C=O) groups excluding carboxylic acids is 2. The molecule has 3 aromatic carbocycles. The van der Waals surface area contributed by atoms with Crippen LogP contribution in [0, 0.1) is 0 Å². The van der Waals surface area contributed by atoms with Crippen LogP contribution in [0.3, 0.4) is 0 Å². The van der Waals surface area contributed by atoms with Gasteiger partial charge in [0.2, 0.25) is 0 Å². The fraction of sp³-hybridized carbons (Fsp3) is 0.156. The van der Waals surface area contributed by atoms with E-state index in [1.165, 1.54) is 0 Å². The largest absolute Gasteiger partial charge is 0.497 e.